The summed E-state index contributed by atoms with van der Waals surface area (Å²) in [5, 5.41) is 0. The quantitative estimate of drug-likeness (QED) is 0.548. The molecule has 0 fully saturated rings. The smallest absolute Gasteiger partial charge is 0 e. The summed E-state index contributed by atoms with van der Waals surface area (Å²) in [6.45, 7) is 3.76. The van der Waals surface area contributed by atoms with Crippen LogP contribution in [0.2, 0.25) is 0 Å². The Kier molecular flexibility index (Phi) is 59.6. The van der Waals surface area contributed by atoms with Crippen molar-refractivity contribution in [3.8, 4) is 0 Å². The molecule has 0 spiro atoms. The van der Waals surface area contributed by atoms with Gasteiger partial charge >= 0.3 is 0 Å². The van der Waals surface area contributed by atoms with E-state index in [4.69, 9.17) is 5.73 Å². The maximum atomic E-state index is 4.74. The fraction of sp³-hybridized carbons (Fsp3) is 0.500. The van der Waals surface area contributed by atoms with Crippen LogP contribution >= 0.6 is 0 Å². The molecule has 0 amide bonds. The molecule has 3 heteroatoms. The minimum atomic E-state index is 0. The number of rotatable bonds is 0. The predicted molar refractivity (Wildman–Crippen MR) is 14.4 cm³/mol. The van der Waals surface area contributed by atoms with Crippen LogP contribution in [0.5, 0.6) is 0 Å². The van der Waals surface area contributed by atoms with E-state index < -0.39 is 0 Å². The molecule has 0 atom stereocenters. The van der Waals surface area contributed by atoms with Gasteiger partial charge in [-0.1, -0.05) is 0 Å². The minimum Gasteiger partial charge on any atom is -0.360 e. The van der Waals surface area contributed by atoms with Crippen LogP contribution in [0.4, 0.5) is 0 Å². The first-order chi connectivity index (χ1) is 1.41. The first-order valence-corrected chi connectivity index (χ1v) is 0.908. The van der Waals surface area contributed by atoms with Gasteiger partial charge in [0.1, 0.15) is 0 Å². The van der Waals surface area contributed by atoms with Gasteiger partial charge in [-0.05, 0) is 0 Å². The van der Waals surface area contributed by atoms with E-state index in [1.807, 2.05) is 0 Å². The van der Waals surface area contributed by atoms with Crippen molar-refractivity contribution >= 4 is 0 Å². The van der Waals surface area contributed by atoms with Crippen LogP contribution in [0.15, 0.2) is 0 Å². The summed E-state index contributed by atoms with van der Waals surface area (Å²) >= 11 is 0. The Morgan fingerprint density at radius 3 is 1.40 bits per heavy atom. The molecular weight excluding hydrogens is 406 g/mol. The molecule has 0 saturated carbocycles. The van der Waals surface area contributed by atoms with Crippen molar-refractivity contribution in [3.05, 3.63) is 6.92 Å². The molecule has 1 nitrogen and oxygen atoms in total. The van der Waals surface area contributed by atoms with Crippen molar-refractivity contribution < 1.29 is 42.1 Å². The molecular formula is C2H6NW2-. The molecule has 0 rings (SSSR count). The van der Waals surface area contributed by atoms with E-state index in [0.717, 1.165) is 0 Å². The van der Waals surface area contributed by atoms with Gasteiger partial charge in [-0.25, -0.2) is 0 Å². The Morgan fingerprint density at radius 1 is 1.40 bits per heavy atom. The molecule has 2 N–H and O–H groups in total. The van der Waals surface area contributed by atoms with Gasteiger partial charge in [-0.3, -0.25) is 0 Å². The van der Waals surface area contributed by atoms with Crippen molar-refractivity contribution in [3.63, 3.8) is 0 Å². The third kappa shape index (κ3) is 33.3. The fourth-order valence-corrected chi connectivity index (χ4v) is 0. The van der Waals surface area contributed by atoms with Crippen LogP contribution in [0, 0.1) is 6.92 Å². The Balaban J connectivity index is -0.0000000200. The zero-order valence-electron chi connectivity index (χ0n) is 2.81. The second-order valence-corrected chi connectivity index (χ2v) is 0.289. The maximum Gasteiger partial charge on any atom is 0 e. The first-order valence-electron chi connectivity index (χ1n) is 0.908. The Morgan fingerprint density at radius 2 is 1.40 bits per heavy atom. The first kappa shape index (κ1) is 16.2. The van der Waals surface area contributed by atoms with Crippen LogP contribution in [-0.4, -0.2) is 6.54 Å². The van der Waals surface area contributed by atoms with E-state index in [1.54, 1.807) is 0 Å². The van der Waals surface area contributed by atoms with Crippen molar-refractivity contribution in [1.82, 2.24) is 0 Å². The standard InChI is InChI=1S/C2H6N.2W/c1-2-3;;/h1-3H2;;/q-1;;. The molecule has 0 aliphatic heterocycles. The summed E-state index contributed by atoms with van der Waals surface area (Å²) in [7, 11) is 0. The van der Waals surface area contributed by atoms with Gasteiger partial charge in [-0.15, -0.1) is 6.54 Å². The monoisotopic (exact) mass is 412 g/mol. The molecule has 5 heavy (non-hydrogen) atoms. The molecule has 0 saturated heterocycles. The summed E-state index contributed by atoms with van der Waals surface area (Å²) in [4.78, 5) is 0. The van der Waals surface area contributed by atoms with Crippen molar-refractivity contribution in [2.45, 2.75) is 0 Å². The van der Waals surface area contributed by atoms with Crippen LogP contribution < -0.4 is 5.73 Å². The summed E-state index contributed by atoms with van der Waals surface area (Å²) in [6, 6.07) is 0. The van der Waals surface area contributed by atoms with Gasteiger partial charge in [0.15, 0.2) is 0 Å². The molecule has 0 bridgehead atoms. The molecule has 0 heterocycles. The van der Waals surface area contributed by atoms with Gasteiger partial charge in [0.05, 0.1) is 0 Å². The topological polar surface area (TPSA) is 26.0 Å². The summed E-state index contributed by atoms with van der Waals surface area (Å²) in [5.74, 6) is 0. The third-order valence-corrected chi connectivity index (χ3v) is 0. The van der Waals surface area contributed by atoms with E-state index in [2.05, 4.69) is 6.92 Å². The molecule has 0 aliphatic rings. The molecule has 0 aromatic heterocycles. The van der Waals surface area contributed by atoms with Crippen LogP contribution in [0.1, 0.15) is 0 Å². The summed E-state index contributed by atoms with van der Waals surface area (Å²) in [5.41, 5.74) is 4.74. The summed E-state index contributed by atoms with van der Waals surface area (Å²) in [6.07, 6.45) is 0. The molecule has 0 unspecified atom stereocenters. The zero-order valence-corrected chi connectivity index (χ0v) is 8.67. The molecule has 0 aliphatic carbocycles. The van der Waals surface area contributed by atoms with E-state index in [0.29, 0.717) is 6.54 Å². The maximum absolute atomic E-state index is 4.74. The van der Waals surface area contributed by atoms with Crippen LogP contribution in [0.3, 0.4) is 0 Å². The van der Waals surface area contributed by atoms with E-state index >= 15 is 0 Å². The van der Waals surface area contributed by atoms with Crippen molar-refractivity contribution in [2.75, 3.05) is 6.54 Å². The SMILES string of the molecule is [CH2-]CN.[W].[W]. The van der Waals surface area contributed by atoms with Gasteiger partial charge in [0, 0.05) is 42.1 Å². The molecule has 0 aromatic rings. The van der Waals surface area contributed by atoms with Gasteiger partial charge < -0.3 is 12.7 Å². The second kappa shape index (κ2) is 18.4. The molecule has 32 valence electrons. The fourth-order valence-electron chi connectivity index (χ4n) is 0. The largest absolute Gasteiger partial charge is 0.360 e. The number of nitrogens with two attached hydrogens (primary N) is 1. The van der Waals surface area contributed by atoms with Gasteiger partial charge in [-0.2, -0.15) is 0 Å². The Labute approximate surface area is 61.2 Å². The van der Waals surface area contributed by atoms with Crippen LogP contribution in [0.25, 0.3) is 0 Å². The second-order valence-electron chi connectivity index (χ2n) is 0.289. The van der Waals surface area contributed by atoms with E-state index in [9.17, 15) is 0 Å². The Bertz CT molecular complexity index is 7.61. The number of hydrogen-bond acceptors (Lipinski definition) is 1. The van der Waals surface area contributed by atoms with Crippen molar-refractivity contribution in [2.24, 2.45) is 5.73 Å². The van der Waals surface area contributed by atoms with Gasteiger partial charge in [0.2, 0.25) is 0 Å². The minimum absolute atomic E-state index is 0. The Hall–Kier alpha value is 1.34. The van der Waals surface area contributed by atoms with Gasteiger partial charge in [0.25, 0.3) is 0 Å². The number of hydrogen-bond donors (Lipinski definition) is 1. The molecule has 0 aromatic carbocycles. The summed E-state index contributed by atoms with van der Waals surface area (Å²) < 4.78 is 0. The average molecular weight is 412 g/mol. The normalized spacial score (nSPS) is 3.60. The zero-order chi connectivity index (χ0) is 2.71. The van der Waals surface area contributed by atoms with Crippen LogP contribution in [-0.2, 0) is 42.1 Å². The van der Waals surface area contributed by atoms with Crippen molar-refractivity contribution in [1.29, 1.82) is 0 Å². The molecule has 0 radical (unpaired) electrons. The average Bonchev–Trinajstić information content (AvgIpc) is 0.918. The van der Waals surface area contributed by atoms with E-state index in [1.165, 1.54) is 0 Å². The van der Waals surface area contributed by atoms with E-state index in [-0.39, 0.29) is 42.1 Å². The third-order valence-electron chi connectivity index (χ3n) is 0. The predicted octanol–water partition coefficient (Wildman–Crippen LogP) is -0.226.